The Hall–Kier alpha value is -1.30. The molecule has 4 nitrogen and oxygen atoms in total. The maximum Gasteiger partial charge on any atom is 0.221 e. The lowest BCUT2D eigenvalue weighted by Gasteiger charge is -2.34. The van der Waals surface area contributed by atoms with Gasteiger partial charge in [0.1, 0.15) is 4.75 Å². The number of pyridine rings is 1. The second kappa shape index (κ2) is 6.44. The number of nitrogens with zero attached hydrogens (tertiary/aromatic N) is 2. The number of aromatic nitrogens is 1. The zero-order valence-electron chi connectivity index (χ0n) is 14.1. The molecule has 2 atom stereocenters. The zero-order chi connectivity index (χ0) is 16.5. The van der Waals surface area contributed by atoms with Crippen LogP contribution in [0.5, 0.6) is 5.88 Å². The fourth-order valence-corrected chi connectivity index (χ4v) is 3.72. The van der Waals surface area contributed by atoms with Crippen LogP contribution in [0, 0.1) is 0 Å². The molecule has 2 unspecified atom stereocenters. The van der Waals surface area contributed by atoms with Gasteiger partial charge in [-0.05, 0) is 44.7 Å². The number of rotatable bonds is 4. The molecule has 0 aliphatic heterocycles. The van der Waals surface area contributed by atoms with Gasteiger partial charge in [0.2, 0.25) is 5.88 Å². The van der Waals surface area contributed by atoms with E-state index in [1.165, 1.54) is 0 Å². The van der Waals surface area contributed by atoms with E-state index in [0.29, 0.717) is 5.88 Å². The Kier molecular flexibility index (Phi) is 5.00. The molecule has 0 amide bonds. The first kappa shape index (κ1) is 17.1. The average Bonchev–Trinajstić information content (AvgIpc) is 2.50. The summed E-state index contributed by atoms with van der Waals surface area (Å²) in [4.78, 5) is 4.40. The van der Waals surface area contributed by atoms with Gasteiger partial charge in [-0.15, -0.1) is 4.31 Å². The van der Waals surface area contributed by atoms with Crippen LogP contribution in [-0.4, -0.2) is 32.7 Å². The second-order valence-corrected chi connectivity index (χ2v) is 8.65. The molecule has 1 aromatic carbocycles. The quantitative estimate of drug-likeness (QED) is 0.806. The summed E-state index contributed by atoms with van der Waals surface area (Å²) >= 11 is -1.09. The van der Waals surface area contributed by atoms with Crippen molar-refractivity contribution in [1.29, 1.82) is 0 Å². The highest BCUT2D eigenvalue weighted by atomic mass is 32.2. The van der Waals surface area contributed by atoms with E-state index in [1.54, 1.807) is 7.11 Å². The number of fused-ring (bicyclic) bond motifs is 1. The van der Waals surface area contributed by atoms with Gasteiger partial charge in [0.15, 0.2) is 0 Å². The highest BCUT2D eigenvalue weighted by Gasteiger charge is 2.34. The molecular formula is C17H24N2O2S. The minimum atomic E-state index is -1.09. The standard InChI is InChI=1S/C17H24N2O2S/c1-12(19(5)22(20)17(2,3)4)15-11-18-16(21-6)14-10-8-7-9-13(14)15/h7-12H,1-6H3. The van der Waals surface area contributed by atoms with Crippen LogP contribution in [0.2, 0.25) is 0 Å². The highest BCUT2D eigenvalue weighted by Crippen LogP contribution is 2.34. The number of ether oxygens (including phenoxy) is 1. The molecule has 0 N–H and O–H groups in total. The Labute approximate surface area is 135 Å². The van der Waals surface area contributed by atoms with Gasteiger partial charge in [0.25, 0.3) is 0 Å². The van der Waals surface area contributed by atoms with Crippen molar-refractivity contribution >= 4 is 22.1 Å². The second-order valence-electron chi connectivity index (χ2n) is 6.35. The van der Waals surface area contributed by atoms with Crippen molar-refractivity contribution in [2.45, 2.75) is 38.5 Å². The van der Waals surface area contributed by atoms with E-state index in [4.69, 9.17) is 4.74 Å². The maximum atomic E-state index is 12.6. The van der Waals surface area contributed by atoms with Crippen LogP contribution >= 0.6 is 0 Å². The van der Waals surface area contributed by atoms with Crippen molar-refractivity contribution in [1.82, 2.24) is 9.29 Å². The summed E-state index contributed by atoms with van der Waals surface area (Å²) in [7, 11) is 3.52. The van der Waals surface area contributed by atoms with Crippen molar-refractivity contribution in [2.24, 2.45) is 0 Å². The fourth-order valence-electron chi connectivity index (χ4n) is 2.46. The zero-order valence-corrected chi connectivity index (χ0v) is 14.9. The van der Waals surface area contributed by atoms with Gasteiger partial charge in [-0.1, -0.05) is 18.2 Å². The van der Waals surface area contributed by atoms with E-state index < -0.39 is 11.4 Å². The molecule has 0 bridgehead atoms. The summed E-state index contributed by atoms with van der Waals surface area (Å²) in [5, 5.41) is 2.06. The molecule has 120 valence electrons. The third-order valence-electron chi connectivity index (χ3n) is 3.76. The molecule has 2 rings (SSSR count). The number of benzene rings is 1. The van der Waals surface area contributed by atoms with Gasteiger partial charge in [-0.25, -0.2) is 4.98 Å². The molecule has 1 aromatic heterocycles. The molecule has 2 aromatic rings. The van der Waals surface area contributed by atoms with Crippen molar-refractivity contribution in [3.05, 3.63) is 36.0 Å². The molecule has 0 saturated heterocycles. The largest absolute Gasteiger partial charge is 0.597 e. The number of hydrogen-bond donors (Lipinski definition) is 0. The van der Waals surface area contributed by atoms with E-state index in [2.05, 4.69) is 18.0 Å². The molecule has 0 fully saturated rings. The summed E-state index contributed by atoms with van der Waals surface area (Å²) in [5.74, 6) is 0.617. The summed E-state index contributed by atoms with van der Waals surface area (Å²) in [6.45, 7) is 8.00. The number of hydrogen-bond acceptors (Lipinski definition) is 4. The fraction of sp³-hybridized carbons (Fsp3) is 0.471. The van der Waals surface area contributed by atoms with Crippen molar-refractivity contribution in [3.63, 3.8) is 0 Å². The predicted octanol–water partition coefficient (Wildman–Crippen LogP) is 3.70. The summed E-state index contributed by atoms with van der Waals surface area (Å²) in [6.07, 6.45) is 1.82. The smallest absolute Gasteiger partial charge is 0.221 e. The van der Waals surface area contributed by atoms with E-state index in [1.807, 2.05) is 56.5 Å². The van der Waals surface area contributed by atoms with Crippen LogP contribution in [0.1, 0.15) is 39.3 Å². The summed E-state index contributed by atoms with van der Waals surface area (Å²) < 4.78 is 19.6. The predicted molar refractivity (Wildman–Crippen MR) is 92.4 cm³/mol. The van der Waals surface area contributed by atoms with Gasteiger partial charge in [-0.2, -0.15) is 0 Å². The van der Waals surface area contributed by atoms with E-state index >= 15 is 0 Å². The third kappa shape index (κ3) is 3.21. The van der Waals surface area contributed by atoms with Crippen molar-refractivity contribution in [2.75, 3.05) is 14.2 Å². The van der Waals surface area contributed by atoms with E-state index in [0.717, 1.165) is 16.3 Å². The number of methoxy groups -OCH3 is 1. The van der Waals surface area contributed by atoms with Gasteiger partial charge < -0.3 is 9.29 Å². The average molecular weight is 320 g/mol. The van der Waals surface area contributed by atoms with Crippen LogP contribution in [0.15, 0.2) is 30.5 Å². The molecule has 0 aliphatic carbocycles. The van der Waals surface area contributed by atoms with Gasteiger partial charge in [0, 0.05) is 30.0 Å². The van der Waals surface area contributed by atoms with Crippen molar-refractivity contribution < 1.29 is 9.29 Å². The molecule has 0 saturated carbocycles. The van der Waals surface area contributed by atoms with Gasteiger partial charge in [-0.3, -0.25) is 0 Å². The molecule has 0 spiro atoms. The highest BCUT2D eigenvalue weighted by molar-refractivity contribution is 7.90. The van der Waals surface area contributed by atoms with Gasteiger partial charge in [0.05, 0.1) is 13.2 Å². The molecule has 0 aliphatic rings. The third-order valence-corrected chi connectivity index (χ3v) is 5.65. The topological polar surface area (TPSA) is 48.4 Å². The Balaban J connectivity index is 2.47. The van der Waals surface area contributed by atoms with E-state index in [9.17, 15) is 4.55 Å². The molecule has 0 radical (unpaired) electrons. The normalized spacial score (nSPS) is 15.1. The maximum absolute atomic E-state index is 12.6. The first-order chi connectivity index (χ1) is 10.3. The Bertz CT molecular complexity index is 655. The van der Waals surface area contributed by atoms with Crippen LogP contribution < -0.4 is 4.74 Å². The molecular weight excluding hydrogens is 296 g/mol. The van der Waals surface area contributed by atoms with Crippen LogP contribution in [-0.2, 0) is 11.4 Å². The lowest BCUT2D eigenvalue weighted by atomic mass is 10.0. The lowest BCUT2D eigenvalue weighted by Crippen LogP contribution is -2.41. The Morgan fingerprint density at radius 3 is 2.36 bits per heavy atom. The summed E-state index contributed by atoms with van der Waals surface area (Å²) in [6, 6.07) is 8.01. The Morgan fingerprint density at radius 1 is 1.23 bits per heavy atom. The van der Waals surface area contributed by atoms with Crippen LogP contribution in [0.3, 0.4) is 0 Å². The van der Waals surface area contributed by atoms with Crippen molar-refractivity contribution in [3.8, 4) is 5.88 Å². The van der Waals surface area contributed by atoms with Crippen LogP contribution in [0.25, 0.3) is 10.8 Å². The Morgan fingerprint density at radius 2 is 1.82 bits per heavy atom. The summed E-state index contributed by atoms with van der Waals surface area (Å²) in [5.41, 5.74) is 1.05. The SMILES string of the molecule is COc1ncc(C(C)N(C)[S+]([O-])C(C)(C)C)c2ccccc12. The minimum absolute atomic E-state index is 0.0108. The molecule has 5 heteroatoms. The molecule has 1 heterocycles. The lowest BCUT2D eigenvalue weighted by molar-refractivity contribution is 0.381. The first-order valence-corrected chi connectivity index (χ1v) is 8.44. The van der Waals surface area contributed by atoms with Crippen LogP contribution in [0.4, 0.5) is 0 Å². The first-order valence-electron chi connectivity index (χ1n) is 7.34. The molecule has 22 heavy (non-hydrogen) atoms. The monoisotopic (exact) mass is 320 g/mol. The van der Waals surface area contributed by atoms with Gasteiger partial charge >= 0.3 is 0 Å². The van der Waals surface area contributed by atoms with E-state index in [-0.39, 0.29) is 10.8 Å². The minimum Gasteiger partial charge on any atom is -0.597 e.